The van der Waals surface area contributed by atoms with Crippen molar-refractivity contribution in [3.05, 3.63) is 23.9 Å². The molecule has 0 unspecified atom stereocenters. The number of aromatic nitrogens is 1. The van der Waals surface area contributed by atoms with Crippen molar-refractivity contribution in [1.82, 2.24) is 4.98 Å². The van der Waals surface area contributed by atoms with Gasteiger partial charge in [-0.1, -0.05) is 19.9 Å². The van der Waals surface area contributed by atoms with Crippen LogP contribution >= 0.6 is 11.8 Å². The standard InChI is InChI=1S/C12H20N2S/c1-4-13-12-7-5-6-11(14-12)9-15-8-10(2)3/h5-7,10H,4,8-9H2,1-3H3,(H,13,14). The Balaban J connectivity index is 2.43. The molecule has 0 aromatic carbocycles. The number of nitrogens with one attached hydrogen (secondary N) is 1. The summed E-state index contributed by atoms with van der Waals surface area (Å²) in [7, 11) is 0. The molecule has 0 saturated carbocycles. The van der Waals surface area contributed by atoms with E-state index in [0.717, 1.165) is 24.0 Å². The van der Waals surface area contributed by atoms with Crippen molar-refractivity contribution in [2.45, 2.75) is 26.5 Å². The molecule has 1 aromatic heterocycles. The third-order valence-electron chi connectivity index (χ3n) is 1.87. The number of pyridine rings is 1. The molecule has 1 rings (SSSR count). The van der Waals surface area contributed by atoms with E-state index in [0.29, 0.717) is 0 Å². The lowest BCUT2D eigenvalue weighted by Gasteiger charge is -2.06. The molecule has 1 N–H and O–H groups in total. The lowest BCUT2D eigenvalue weighted by Crippen LogP contribution is -2.00. The minimum Gasteiger partial charge on any atom is -0.370 e. The van der Waals surface area contributed by atoms with Crippen LogP contribution in [-0.2, 0) is 5.75 Å². The van der Waals surface area contributed by atoms with Crippen molar-refractivity contribution >= 4 is 17.6 Å². The molecular formula is C12H20N2S. The normalized spacial score (nSPS) is 10.7. The molecule has 1 heterocycles. The number of anilines is 1. The van der Waals surface area contributed by atoms with Crippen LogP contribution in [0.2, 0.25) is 0 Å². The fraction of sp³-hybridized carbons (Fsp3) is 0.583. The molecule has 0 bridgehead atoms. The van der Waals surface area contributed by atoms with Gasteiger partial charge in [0, 0.05) is 12.3 Å². The van der Waals surface area contributed by atoms with E-state index >= 15 is 0 Å². The summed E-state index contributed by atoms with van der Waals surface area (Å²) in [4.78, 5) is 4.53. The fourth-order valence-corrected chi connectivity index (χ4v) is 2.20. The van der Waals surface area contributed by atoms with Crippen molar-refractivity contribution in [2.24, 2.45) is 5.92 Å². The molecule has 15 heavy (non-hydrogen) atoms. The molecule has 0 aliphatic heterocycles. The second-order valence-corrected chi connectivity index (χ2v) is 4.98. The molecule has 0 spiro atoms. The molecule has 2 nitrogen and oxygen atoms in total. The Morgan fingerprint density at radius 3 is 2.87 bits per heavy atom. The van der Waals surface area contributed by atoms with Crippen LogP contribution in [0.3, 0.4) is 0 Å². The van der Waals surface area contributed by atoms with Gasteiger partial charge in [-0.05, 0) is 30.7 Å². The van der Waals surface area contributed by atoms with Gasteiger partial charge in [-0.15, -0.1) is 0 Å². The molecule has 0 saturated heterocycles. The van der Waals surface area contributed by atoms with Crippen LogP contribution in [0.4, 0.5) is 5.82 Å². The number of thioether (sulfide) groups is 1. The van der Waals surface area contributed by atoms with Gasteiger partial charge in [0.25, 0.3) is 0 Å². The van der Waals surface area contributed by atoms with Gasteiger partial charge in [0.05, 0.1) is 5.69 Å². The van der Waals surface area contributed by atoms with Gasteiger partial charge in [-0.2, -0.15) is 11.8 Å². The Labute approximate surface area is 96.9 Å². The minimum absolute atomic E-state index is 0.756. The third-order valence-corrected chi connectivity index (χ3v) is 3.27. The monoisotopic (exact) mass is 224 g/mol. The topological polar surface area (TPSA) is 24.9 Å². The van der Waals surface area contributed by atoms with Crippen LogP contribution in [0.15, 0.2) is 18.2 Å². The highest BCUT2D eigenvalue weighted by molar-refractivity contribution is 7.98. The molecule has 0 aliphatic rings. The van der Waals surface area contributed by atoms with Gasteiger partial charge in [0.1, 0.15) is 5.82 Å². The Kier molecular flexibility index (Phi) is 5.54. The minimum atomic E-state index is 0.756. The predicted molar refractivity (Wildman–Crippen MR) is 69.4 cm³/mol. The molecule has 3 heteroatoms. The van der Waals surface area contributed by atoms with Crippen LogP contribution in [-0.4, -0.2) is 17.3 Å². The van der Waals surface area contributed by atoms with Crippen LogP contribution in [0.1, 0.15) is 26.5 Å². The highest BCUT2D eigenvalue weighted by Crippen LogP contribution is 2.15. The zero-order valence-electron chi connectivity index (χ0n) is 9.79. The summed E-state index contributed by atoms with van der Waals surface area (Å²) >= 11 is 1.95. The maximum atomic E-state index is 4.53. The van der Waals surface area contributed by atoms with E-state index in [2.05, 4.69) is 43.2 Å². The summed E-state index contributed by atoms with van der Waals surface area (Å²) < 4.78 is 0. The highest BCUT2D eigenvalue weighted by Gasteiger charge is 1.99. The van der Waals surface area contributed by atoms with Crippen LogP contribution < -0.4 is 5.32 Å². The Hall–Kier alpha value is -0.700. The van der Waals surface area contributed by atoms with Crippen molar-refractivity contribution in [2.75, 3.05) is 17.6 Å². The van der Waals surface area contributed by atoms with Gasteiger partial charge < -0.3 is 5.32 Å². The first-order chi connectivity index (χ1) is 7.22. The molecule has 84 valence electrons. The SMILES string of the molecule is CCNc1cccc(CSCC(C)C)n1. The van der Waals surface area contributed by atoms with Crippen molar-refractivity contribution in [3.63, 3.8) is 0 Å². The second-order valence-electron chi connectivity index (χ2n) is 3.95. The lowest BCUT2D eigenvalue weighted by molar-refractivity contribution is 0.750. The fourth-order valence-electron chi connectivity index (χ4n) is 1.24. The molecule has 1 aromatic rings. The zero-order valence-corrected chi connectivity index (χ0v) is 10.6. The van der Waals surface area contributed by atoms with Gasteiger partial charge in [0.15, 0.2) is 0 Å². The second kappa shape index (κ2) is 6.72. The third kappa shape index (κ3) is 5.07. The molecule has 0 amide bonds. The molecule has 0 radical (unpaired) electrons. The highest BCUT2D eigenvalue weighted by atomic mass is 32.2. The zero-order chi connectivity index (χ0) is 11.1. The van der Waals surface area contributed by atoms with Crippen LogP contribution in [0.5, 0.6) is 0 Å². The molecule has 0 atom stereocenters. The van der Waals surface area contributed by atoms with Gasteiger partial charge in [-0.25, -0.2) is 4.98 Å². The Bertz CT molecular complexity index is 287. The number of hydrogen-bond donors (Lipinski definition) is 1. The van der Waals surface area contributed by atoms with Gasteiger partial charge in [0.2, 0.25) is 0 Å². The Morgan fingerprint density at radius 1 is 1.40 bits per heavy atom. The van der Waals surface area contributed by atoms with E-state index in [4.69, 9.17) is 0 Å². The van der Waals surface area contributed by atoms with Gasteiger partial charge in [-0.3, -0.25) is 0 Å². The first-order valence-corrected chi connectivity index (χ1v) is 6.65. The summed E-state index contributed by atoms with van der Waals surface area (Å²) in [5.41, 5.74) is 1.17. The predicted octanol–water partition coefficient (Wildman–Crippen LogP) is 3.40. The van der Waals surface area contributed by atoms with Gasteiger partial charge >= 0.3 is 0 Å². The number of rotatable bonds is 6. The van der Waals surface area contributed by atoms with Crippen molar-refractivity contribution in [1.29, 1.82) is 0 Å². The molecule has 0 aliphatic carbocycles. The first-order valence-electron chi connectivity index (χ1n) is 5.50. The van der Waals surface area contributed by atoms with E-state index in [-0.39, 0.29) is 0 Å². The number of hydrogen-bond acceptors (Lipinski definition) is 3. The Morgan fingerprint density at radius 2 is 2.20 bits per heavy atom. The summed E-state index contributed by atoms with van der Waals surface area (Å²) in [5.74, 6) is 3.96. The maximum absolute atomic E-state index is 4.53. The summed E-state index contributed by atoms with van der Waals surface area (Å²) in [5, 5.41) is 3.23. The van der Waals surface area contributed by atoms with E-state index in [1.807, 2.05) is 17.8 Å². The summed E-state index contributed by atoms with van der Waals surface area (Å²) in [6, 6.07) is 6.17. The van der Waals surface area contributed by atoms with E-state index in [9.17, 15) is 0 Å². The lowest BCUT2D eigenvalue weighted by atomic mass is 10.3. The van der Waals surface area contributed by atoms with Crippen LogP contribution in [0, 0.1) is 5.92 Å². The average molecular weight is 224 g/mol. The van der Waals surface area contributed by atoms with Crippen molar-refractivity contribution < 1.29 is 0 Å². The average Bonchev–Trinajstić information content (AvgIpc) is 2.18. The van der Waals surface area contributed by atoms with Crippen molar-refractivity contribution in [3.8, 4) is 0 Å². The van der Waals surface area contributed by atoms with E-state index < -0.39 is 0 Å². The van der Waals surface area contributed by atoms with E-state index in [1.54, 1.807) is 0 Å². The quantitative estimate of drug-likeness (QED) is 0.801. The molecular weight excluding hydrogens is 204 g/mol. The summed E-state index contributed by atoms with van der Waals surface area (Å²) in [6.45, 7) is 7.50. The summed E-state index contributed by atoms with van der Waals surface area (Å²) in [6.07, 6.45) is 0. The van der Waals surface area contributed by atoms with E-state index in [1.165, 1.54) is 11.4 Å². The maximum Gasteiger partial charge on any atom is 0.126 e. The largest absolute Gasteiger partial charge is 0.370 e. The smallest absolute Gasteiger partial charge is 0.126 e. The molecule has 0 fully saturated rings. The first kappa shape index (κ1) is 12.4. The van der Waals surface area contributed by atoms with Crippen LogP contribution in [0.25, 0.3) is 0 Å². The number of nitrogens with zero attached hydrogens (tertiary/aromatic N) is 1.